The van der Waals surface area contributed by atoms with Crippen molar-refractivity contribution in [3.8, 4) is 17.2 Å². The van der Waals surface area contributed by atoms with E-state index < -0.39 is 17.0 Å². The molecule has 7 nitrogen and oxygen atoms in total. The van der Waals surface area contributed by atoms with E-state index in [0.29, 0.717) is 17.6 Å². The molecular weight excluding hydrogens is 436 g/mol. The van der Waals surface area contributed by atoms with Gasteiger partial charge in [0, 0.05) is 6.20 Å². The Morgan fingerprint density at radius 2 is 1.79 bits per heavy atom. The summed E-state index contributed by atoms with van der Waals surface area (Å²) in [7, 11) is 0. The van der Waals surface area contributed by atoms with Crippen molar-refractivity contribution >= 4 is 0 Å². The summed E-state index contributed by atoms with van der Waals surface area (Å²) in [5, 5.41) is 13.3. The van der Waals surface area contributed by atoms with Gasteiger partial charge in [-0.2, -0.15) is 9.78 Å². The maximum Gasteiger partial charge on any atom is 0.252 e. The summed E-state index contributed by atoms with van der Waals surface area (Å²) in [6.07, 6.45) is 3.51. The van der Waals surface area contributed by atoms with E-state index in [0.717, 1.165) is 29.8 Å². The van der Waals surface area contributed by atoms with Crippen LogP contribution in [0.25, 0.3) is 17.2 Å². The molecule has 0 radical (unpaired) electrons. The van der Waals surface area contributed by atoms with Gasteiger partial charge < -0.3 is 0 Å². The smallest absolute Gasteiger partial charge is 0.220 e. The van der Waals surface area contributed by atoms with Gasteiger partial charge in [0.25, 0.3) is 5.95 Å². The number of benzene rings is 1. The van der Waals surface area contributed by atoms with Gasteiger partial charge in [-0.25, -0.2) is 23.7 Å². The molecule has 0 spiro atoms. The monoisotopic (exact) mass is 459 g/mol. The van der Waals surface area contributed by atoms with Gasteiger partial charge in [-0.05, 0) is 67.9 Å². The van der Waals surface area contributed by atoms with Crippen LogP contribution in [0.2, 0.25) is 0 Å². The van der Waals surface area contributed by atoms with Crippen molar-refractivity contribution in [3.63, 3.8) is 0 Å². The van der Waals surface area contributed by atoms with E-state index in [4.69, 9.17) is 4.98 Å². The molecule has 4 aromatic rings. The second-order valence-corrected chi connectivity index (χ2v) is 9.71. The summed E-state index contributed by atoms with van der Waals surface area (Å²) in [5.74, 6) is 0.682. The largest absolute Gasteiger partial charge is 0.252 e. The van der Waals surface area contributed by atoms with Crippen LogP contribution in [0.3, 0.4) is 0 Å². The zero-order chi connectivity index (χ0) is 23.8. The SMILES string of the molecule is Cc1nc(C)n(-c2nccc([C@]34CC[C@@H](c5cc(-c6c(F)cccc6F)nnc53)C4(C)C)n2)n1. The molecule has 3 aromatic heterocycles. The van der Waals surface area contributed by atoms with E-state index in [9.17, 15) is 8.78 Å². The van der Waals surface area contributed by atoms with Crippen molar-refractivity contribution in [1.82, 2.24) is 34.9 Å². The lowest BCUT2D eigenvalue weighted by Crippen LogP contribution is -2.38. The second kappa shape index (κ2) is 6.94. The fourth-order valence-corrected chi connectivity index (χ4v) is 6.16. The molecule has 0 N–H and O–H groups in total. The predicted octanol–water partition coefficient (Wildman–Crippen LogP) is 4.61. The molecule has 1 saturated carbocycles. The highest BCUT2D eigenvalue weighted by Crippen LogP contribution is 2.69. The molecule has 2 aliphatic carbocycles. The molecular formula is C25H23F2N7. The molecule has 2 atom stereocenters. The minimum Gasteiger partial charge on any atom is -0.220 e. The van der Waals surface area contributed by atoms with Crippen LogP contribution in [-0.2, 0) is 5.41 Å². The highest BCUT2D eigenvalue weighted by molar-refractivity contribution is 5.64. The van der Waals surface area contributed by atoms with Gasteiger partial charge in [-0.3, -0.25) is 0 Å². The zero-order valence-corrected chi connectivity index (χ0v) is 19.3. The van der Waals surface area contributed by atoms with Crippen LogP contribution in [0.5, 0.6) is 0 Å². The highest BCUT2D eigenvalue weighted by atomic mass is 19.1. The first kappa shape index (κ1) is 20.9. The maximum atomic E-state index is 14.5. The minimum absolute atomic E-state index is 0.145. The summed E-state index contributed by atoms with van der Waals surface area (Å²) in [4.78, 5) is 13.7. The van der Waals surface area contributed by atoms with E-state index in [2.05, 4.69) is 39.1 Å². The molecule has 0 amide bonds. The quantitative estimate of drug-likeness (QED) is 0.445. The molecule has 6 rings (SSSR count). The van der Waals surface area contributed by atoms with Crippen LogP contribution in [-0.4, -0.2) is 34.9 Å². The fourth-order valence-electron chi connectivity index (χ4n) is 6.16. The first-order valence-electron chi connectivity index (χ1n) is 11.3. The predicted molar refractivity (Wildman–Crippen MR) is 120 cm³/mol. The number of fused-ring (bicyclic) bond motifs is 5. The van der Waals surface area contributed by atoms with E-state index in [1.165, 1.54) is 18.2 Å². The second-order valence-electron chi connectivity index (χ2n) is 9.71. The van der Waals surface area contributed by atoms with Crippen LogP contribution in [0.1, 0.15) is 61.2 Å². The number of rotatable bonds is 3. The molecule has 9 heteroatoms. The van der Waals surface area contributed by atoms with Gasteiger partial charge >= 0.3 is 0 Å². The number of nitrogens with zero attached hydrogens (tertiary/aromatic N) is 7. The number of halogens is 2. The van der Waals surface area contributed by atoms with Crippen molar-refractivity contribution < 1.29 is 8.78 Å². The summed E-state index contributed by atoms with van der Waals surface area (Å²) in [6.45, 7) is 8.11. The molecule has 1 fully saturated rings. The van der Waals surface area contributed by atoms with Crippen LogP contribution in [0.15, 0.2) is 36.5 Å². The lowest BCUT2D eigenvalue weighted by molar-refractivity contribution is 0.242. The maximum absolute atomic E-state index is 14.5. The molecule has 0 aliphatic heterocycles. The molecule has 172 valence electrons. The van der Waals surface area contributed by atoms with Crippen LogP contribution < -0.4 is 0 Å². The van der Waals surface area contributed by atoms with Gasteiger partial charge in [0.2, 0.25) is 0 Å². The fraction of sp³-hybridized carbons (Fsp3) is 0.360. The van der Waals surface area contributed by atoms with Crippen molar-refractivity contribution in [2.24, 2.45) is 5.41 Å². The third-order valence-electron chi connectivity index (χ3n) is 7.75. The number of aryl methyl sites for hydroxylation is 2. The minimum atomic E-state index is -0.648. The van der Waals surface area contributed by atoms with Gasteiger partial charge in [-0.1, -0.05) is 19.9 Å². The van der Waals surface area contributed by atoms with Gasteiger partial charge in [-0.15, -0.1) is 10.2 Å². The van der Waals surface area contributed by atoms with Crippen LogP contribution in [0.4, 0.5) is 8.78 Å². The van der Waals surface area contributed by atoms with E-state index in [1.807, 2.05) is 26.0 Å². The first-order valence-corrected chi connectivity index (χ1v) is 11.3. The molecule has 1 aromatic carbocycles. The zero-order valence-electron chi connectivity index (χ0n) is 19.3. The van der Waals surface area contributed by atoms with Crippen LogP contribution >= 0.6 is 0 Å². The molecule has 0 unspecified atom stereocenters. The Labute approximate surface area is 195 Å². The summed E-state index contributed by atoms with van der Waals surface area (Å²) in [5.41, 5.74) is 2.00. The Balaban J connectivity index is 1.53. The van der Waals surface area contributed by atoms with Crippen molar-refractivity contribution in [3.05, 3.63) is 76.8 Å². The normalized spacial score (nSPS) is 22.2. The molecule has 2 bridgehead atoms. The molecule has 3 heterocycles. The first-order chi connectivity index (χ1) is 16.2. The topological polar surface area (TPSA) is 82.3 Å². The molecule has 34 heavy (non-hydrogen) atoms. The third-order valence-corrected chi connectivity index (χ3v) is 7.75. The number of hydrogen-bond acceptors (Lipinski definition) is 6. The van der Waals surface area contributed by atoms with E-state index in [1.54, 1.807) is 10.9 Å². The number of hydrogen-bond donors (Lipinski definition) is 0. The van der Waals surface area contributed by atoms with Gasteiger partial charge in [0.1, 0.15) is 23.3 Å². The standard InChI is InChI=1S/C25H23F2N7/c1-13-29-14(2)34(33-13)23-28-11-9-20(30-23)25-10-8-16(24(25,3)4)15-12-19(31-32-22(15)25)21-17(26)6-5-7-18(21)27/h5-7,9,11-12,16H,8,10H2,1-4H3/t16-,25+/m0/s1. The van der Waals surface area contributed by atoms with Crippen molar-refractivity contribution in [2.45, 2.75) is 51.9 Å². The lowest BCUT2D eigenvalue weighted by atomic mass is 9.66. The average molecular weight is 460 g/mol. The Kier molecular flexibility index (Phi) is 4.28. The Hall–Kier alpha value is -3.62. The summed E-state index contributed by atoms with van der Waals surface area (Å²) < 4.78 is 30.6. The third kappa shape index (κ3) is 2.60. The van der Waals surface area contributed by atoms with Gasteiger partial charge in [0.05, 0.1) is 28.1 Å². The summed E-state index contributed by atoms with van der Waals surface area (Å²) in [6, 6.07) is 7.56. The summed E-state index contributed by atoms with van der Waals surface area (Å²) >= 11 is 0. The van der Waals surface area contributed by atoms with Crippen molar-refractivity contribution in [2.75, 3.05) is 0 Å². The number of aromatic nitrogens is 7. The Bertz CT molecular complexity index is 1440. The molecule has 2 aliphatic rings. The Morgan fingerprint density at radius 3 is 2.50 bits per heavy atom. The molecule has 0 saturated heterocycles. The van der Waals surface area contributed by atoms with Crippen LogP contribution in [0, 0.1) is 30.9 Å². The van der Waals surface area contributed by atoms with E-state index in [-0.39, 0.29) is 22.6 Å². The van der Waals surface area contributed by atoms with Gasteiger partial charge in [0.15, 0.2) is 0 Å². The van der Waals surface area contributed by atoms with Crippen molar-refractivity contribution in [1.29, 1.82) is 0 Å². The lowest BCUT2D eigenvalue weighted by Gasteiger charge is -2.37. The Morgan fingerprint density at radius 1 is 1.03 bits per heavy atom. The highest BCUT2D eigenvalue weighted by Gasteiger charge is 2.65. The average Bonchev–Trinajstić information content (AvgIpc) is 3.35. The van der Waals surface area contributed by atoms with E-state index >= 15 is 0 Å².